The van der Waals surface area contributed by atoms with Gasteiger partial charge >= 0.3 is 6.36 Å². The fraction of sp³-hybridized carbons (Fsp3) is 0.0769. The summed E-state index contributed by atoms with van der Waals surface area (Å²) >= 11 is 5.68. The highest BCUT2D eigenvalue weighted by Crippen LogP contribution is 2.38. The summed E-state index contributed by atoms with van der Waals surface area (Å²) in [7, 11) is 0. The molecular formula is C13H8ClF3O2. The predicted molar refractivity (Wildman–Crippen MR) is 65.2 cm³/mol. The molecule has 2 rings (SSSR count). The lowest BCUT2D eigenvalue weighted by molar-refractivity contribution is -0.274. The van der Waals surface area contributed by atoms with Crippen molar-refractivity contribution in [3.63, 3.8) is 0 Å². The summed E-state index contributed by atoms with van der Waals surface area (Å²) in [5.74, 6) is -0.599. The smallest absolute Gasteiger partial charge is 0.507 e. The number of aromatic hydroxyl groups is 1. The molecule has 0 aliphatic rings. The van der Waals surface area contributed by atoms with Crippen molar-refractivity contribution in [3.8, 4) is 22.6 Å². The number of alkyl halides is 3. The Bertz CT molecular complexity index is 597. The van der Waals surface area contributed by atoms with Gasteiger partial charge in [-0.15, -0.1) is 13.2 Å². The lowest BCUT2D eigenvalue weighted by atomic mass is 10.0. The molecule has 100 valence electrons. The van der Waals surface area contributed by atoms with E-state index in [1.165, 1.54) is 36.4 Å². The SMILES string of the molecule is Oc1cc(Cl)ccc1-c1ccccc1OC(F)(F)F. The summed E-state index contributed by atoms with van der Waals surface area (Å²) in [6, 6.07) is 9.71. The number of rotatable bonds is 2. The van der Waals surface area contributed by atoms with Gasteiger partial charge in [0.05, 0.1) is 0 Å². The van der Waals surface area contributed by atoms with E-state index in [0.717, 1.165) is 0 Å². The molecule has 19 heavy (non-hydrogen) atoms. The van der Waals surface area contributed by atoms with Gasteiger partial charge in [-0.25, -0.2) is 0 Å². The van der Waals surface area contributed by atoms with Crippen LogP contribution in [0.25, 0.3) is 11.1 Å². The van der Waals surface area contributed by atoms with Crippen LogP contribution >= 0.6 is 11.6 Å². The zero-order chi connectivity index (χ0) is 14.0. The third-order valence-electron chi connectivity index (χ3n) is 2.36. The predicted octanol–water partition coefficient (Wildman–Crippen LogP) is 4.61. The van der Waals surface area contributed by atoms with Crippen LogP contribution in [0.4, 0.5) is 13.2 Å². The zero-order valence-corrected chi connectivity index (χ0v) is 10.2. The van der Waals surface area contributed by atoms with Crippen molar-refractivity contribution in [2.45, 2.75) is 6.36 Å². The monoisotopic (exact) mass is 288 g/mol. The molecule has 0 saturated heterocycles. The summed E-state index contributed by atoms with van der Waals surface area (Å²) < 4.78 is 40.8. The molecule has 0 spiro atoms. The topological polar surface area (TPSA) is 29.5 Å². The van der Waals surface area contributed by atoms with Crippen molar-refractivity contribution in [3.05, 3.63) is 47.5 Å². The molecule has 0 fully saturated rings. The van der Waals surface area contributed by atoms with E-state index in [-0.39, 0.29) is 27.6 Å². The largest absolute Gasteiger partial charge is 0.573 e. The molecule has 0 unspecified atom stereocenters. The molecule has 2 aromatic rings. The highest BCUT2D eigenvalue weighted by Gasteiger charge is 2.32. The van der Waals surface area contributed by atoms with Crippen molar-refractivity contribution in [1.82, 2.24) is 0 Å². The van der Waals surface area contributed by atoms with Gasteiger partial charge in [-0.1, -0.05) is 29.8 Å². The van der Waals surface area contributed by atoms with Gasteiger partial charge < -0.3 is 9.84 Å². The molecule has 0 amide bonds. The lowest BCUT2D eigenvalue weighted by Crippen LogP contribution is -2.17. The van der Waals surface area contributed by atoms with Gasteiger partial charge in [0.2, 0.25) is 0 Å². The minimum Gasteiger partial charge on any atom is -0.507 e. The fourth-order valence-electron chi connectivity index (χ4n) is 1.64. The van der Waals surface area contributed by atoms with Gasteiger partial charge in [-0.3, -0.25) is 0 Å². The normalized spacial score (nSPS) is 11.4. The Kier molecular flexibility index (Phi) is 3.57. The van der Waals surface area contributed by atoms with Crippen LogP contribution in [0.5, 0.6) is 11.5 Å². The molecule has 0 saturated carbocycles. The van der Waals surface area contributed by atoms with Crippen molar-refractivity contribution in [2.75, 3.05) is 0 Å². The first kappa shape index (κ1) is 13.5. The van der Waals surface area contributed by atoms with Gasteiger partial charge in [0.15, 0.2) is 0 Å². The van der Waals surface area contributed by atoms with Crippen LogP contribution in [0.3, 0.4) is 0 Å². The molecule has 2 aromatic carbocycles. The van der Waals surface area contributed by atoms with Crippen LogP contribution in [0, 0.1) is 0 Å². The Hall–Kier alpha value is -1.88. The van der Waals surface area contributed by atoms with E-state index >= 15 is 0 Å². The lowest BCUT2D eigenvalue weighted by Gasteiger charge is -2.14. The van der Waals surface area contributed by atoms with Gasteiger partial charge in [0.1, 0.15) is 11.5 Å². The Morgan fingerprint density at radius 1 is 1.00 bits per heavy atom. The first-order valence-electron chi connectivity index (χ1n) is 5.20. The molecule has 2 nitrogen and oxygen atoms in total. The molecule has 6 heteroatoms. The van der Waals surface area contributed by atoms with Crippen LogP contribution in [0.15, 0.2) is 42.5 Å². The van der Waals surface area contributed by atoms with Crippen molar-refractivity contribution >= 4 is 11.6 Å². The van der Waals surface area contributed by atoms with Gasteiger partial charge in [0, 0.05) is 16.1 Å². The van der Waals surface area contributed by atoms with E-state index < -0.39 is 6.36 Å². The summed E-state index contributed by atoms with van der Waals surface area (Å²) in [6.45, 7) is 0. The summed E-state index contributed by atoms with van der Waals surface area (Å²) in [4.78, 5) is 0. The quantitative estimate of drug-likeness (QED) is 0.874. The van der Waals surface area contributed by atoms with E-state index in [4.69, 9.17) is 11.6 Å². The zero-order valence-electron chi connectivity index (χ0n) is 9.41. The molecule has 1 N–H and O–H groups in total. The highest BCUT2D eigenvalue weighted by molar-refractivity contribution is 6.30. The van der Waals surface area contributed by atoms with Crippen LogP contribution < -0.4 is 4.74 Å². The number of hydrogen-bond acceptors (Lipinski definition) is 2. The van der Waals surface area contributed by atoms with Gasteiger partial charge in [-0.05, 0) is 24.3 Å². The minimum absolute atomic E-state index is 0.133. The number of benzene rings is 2. The van der Waals surface area contributed by atoms with Crippen molar-refractivity contribution in [2.24, 2.45) is 0 Å². The Morgan fingerprint density at radius 3 is 2.32 bits per heavy atom. The van der Waals surface area contributed by atoms with Crippen LogP contribution in [-0.4, -0.2) is 11.5 Å². The minimum atomic E-state index is -4.79. The van der Waals surface area contributed by atoms with E-state index in [9.17, 15) is 18.3 Å². The average molecular weight is 289 g/mol. The molecule has 0 atom stereocenters. The average Bonchev–Trinajstić information content (AvgIpc) is 2.28. The summed E-state index contributed by atoms with van der Waals surface area (Å²) in [5, 5.41) is 10.0. The Labute approximate surface area is 112 Å². The number of phenols is 1. The summed E-state index contributed by atoms with van der Waals surface area (Å²) in [6.07, 6.45) is -4.79. The van der Waals surface area contributed by atoms with Crippen molar-refractivity contribution in [1.29, 1.82) is 0 Å². The molecule has 0 aliphatic carbocycles. The number of phenolic OH excluding ortho intramolecular Hbond substituents is 1. The van der Waals surface area contributed by atoms with Crippen LogP contribution in [-0.2, 0) is 0 Å². The Balaban J connectivity index is 2.50. The van der Waals surface area contributed by atoms with E-state index in [0.29, 0.717) is 0 Å². The third kappa shape index (κ3) is 3.32. The van der Waals surface area contributed by atoms with E-state index in [1.54, 1.807) is 6.07 Å². The maximum atomic E-state index is 12.3. The van der Waals surface area contributed by atoms with Crippen LogP contribution in [0.1, 0.15) is 0 Å². The van der Waals surface area contributed by atoms with Crippen LogP contribution in [0.2, 0.25) is 5.02 Å². The molecule has 0 aromatic heterocycles. The fourth-order valence-corrected chi connectivity index (χ4v) is 1.80. The second kappa shape index (κ2) is 5.01. The van der Waals surface area contributed by atoms with Gasteiger partial charge in [0.25, 0.3) is 0 Å². The maximum Gasteiger partial charge on any atom is 0.573 e. The Morgan fingerprint density at radius 2 is 1.68 bits per heavy atom. The molecule has 0 bridgehead atoms. The molecular weight excluding hydrogens is 281 g/mol. The second-order valence-corrected chi connectivity index (χ2v) is 4.14. The highest BCUT2D eigenvalue weighted by atomic mass is 35.5. The molecule has 0 aliphatic heterocycles. The summed E-state index contributed by atoms with van der Waals surface area (Å²) in [5.41, 5.74) is 0.346. The first-order chi connectivity index (χ1) is 8.87. The standard InChI is InChI=1S/C13H8ClF3O2/c14-8-5-6-9(11(18)7-8)10-3-1-2-4-12(10)19-13(15,16)17/h1-7,18H. The first-order valence-corrected chi connectivity index (χ1v) is 5.58. The number of hydrogen-bond donors (Lipinski definition) is 1. The second-order valence-electron chi connectivity index (χ2n) is 3.71. The number of halogens is 4. The van der Waals surface area contributed by atoms with E-state index in [2.05, 4.69) is 4.74 Å². The number of para-hydroxylation sites is 1. The molecule has 0 heterocycles. The van der Waals surface area contributed by atoms with Gasteiger partial charge in [-0.2, -0.15) is 0 Å². The third-order valence-corrected chi connectivity index (χ3v) is 2.60. The van der Waals surface area contributed by atoms with E-state index in [1.807, 2.05) is 0 Å². The van der Waals surface area contributed by atoms with Crippen molar-refractivity contribution < 1.29 is 23.0 Å². The maximum absolute atomic E-state index is 12.3. The molecule has 0 radical (unpaired) electrons. The number of ether oxygens (including phenoxy) is 1.